The molecule has 0 radical (unpaired) electrons. The lowest BCUT2D eigenvalue weighted by Gasteiger charge is -2.12. The highest BCUT2D eigenvalue weighted by molar-refractivity contribution is 6.39. The van der Waals surface area contributed by atoms with Gasteiger partial charge in [-0.15, -0.1) is 0 Å². The van der Waals surface area contributed by atoms with Crippen molar-refractivity contribution in [1.29, 1.82) is 0 Å². The van der Waals surface area contributed by atoms with Crippen molar-refractivity contribution in [2.24, 2.45) is 5.92 Å². The second-order valence-corrected chi connectivity index (χ2v) is 4.56. The molecule has 1 amide bonds. The maximum Gasteiger partial charge on any atom is 0.308 e. The van der Waals surface area contributed by atoms with Crippen molar-refractivity contribution in [3.63, 3.8) is 0 Å². The van der Waals surface area contributed by atoms with Crippen LogP contribution < -0.4 is 5.32 Å². The van der Waals surface area contributed by atoms with Crippen molar-refractivity contribution in [2.45, 2.75) is 13.3 Å². The zero-order valence-corrected chi connectivity index (χ0v) is 11.3. The Labute approximate surface area is 115 Å². The lowest BCUT2D eigenvalue weighted by molar-refractivity contribution is -0.141. The number of carboxylic acid groups (broad SMARTS) is 1. The number of benzene rings is 1. The van der Waals surface area contributed by atoms with E-state index >= 15 is 0 Å². The number of hydrogen-bond acceptors (Lipinski definition) is 2. The van der Waals surface area contributed by atoms with Gasteiger partial charge >= 0.3 is 5.97 Å². The molecule has 4 nitrogen and oxygen atoms in total. The topological polar surface area (TPSA) is 66.4 Å². The first kappa shape index (κ1) is 14.8. The Morgan fingerprint density at radius 3 is 2.33 bits per heavy atom. The molecule has 1 aromatic rings. The van der Waals surface area contributed by atoms with Gasteiger partial charge in [-0.25, -0.2) is 0 Å². The molecule has 1 unspecified atom stereocenters. The first-order valence-corrected chi connectivity index (χ1v) is 6.18. The average molecular weight is 290 g/mol. The van der Waals surface area contributed by atoms with Gasteiger partial charge in [0.25, 0.3) is 5.91 Å². The predicted molar refractivity (Wildman–Crippen MR) is 70.2 cm³/mol. The highest BCUT2D eigenvalue weighted by Gasteiger charge is 2.19. The molecule has 0 heterocycles. The number of carboxylic acids is 1. The van der Waals surface area contributed by atoms with E-state index in [1.54, 1.807) is 25.1 Å². The van der Waals surface area contributed by atoms with Crippen LogP contribution in [-0.2, 0) is 4.79 Å². The Kier molecular flexibility index (Phi) is 5.44. The van der Waals surface area contributed by atoms with E-state index in [0.29, 0.717) is 6.42 Å². The summed E-state index contributed by atoms with van der Waals surface area (Å²) in [7, 11) is 0. The second-order valence-electron chi connectivity index (χ2n) is 3.75. The van der Waals surface area contributed by atoms with E-state index in [2.05, 4.69) is 5.32 Å². The predicted octanol–water partition coefficient (Wildman–Crippen LogP) is 2.83. The van der Waals surface area contributed by atoms with Crippen molar-refractivity contribution in [3.8, 4) is 0 Å². The number of halogens is 2. The summed E-state index contributed by atoms with van der Waals surface area (Å²) in [6, 6.07) is 4.74. The zero-order chi connectivity index (χ0) is 13.7. The lowest BCUT2D eigenvalue weighted by atomic mass is 10.1. The van der Waals surface area contributed by atoms with E-state index in [1.165, 1.54) is 0 Å². The number of nitrogens with one attached hydrogen (secondary N) is 1. The van der Waals surface area contributed by atoms with E-state index in [0.717, 1.165) is 0 Å². The van der Waals surface area contributed by atoms with Gasteiger partial charge in [-0.3, -0.25) is 9.59 Å². The van der Waals surface area contributed by atoms with Crippen molar-refractivity contribution >= 4 is 35.1 Å². The van der Waals surface area contributed by atoms with E-state index in [4.69, 9.17) is 28.3 Å². The van der Waals surface area contributed by atoms with Crippen molar-refractivity contribution in [3.05, 3.63) is 33.8 Å². The molecule has 0 spiro atoms. The van der Waals surface area contributed by atoms with Crippen LogP contribution in [0, 0.1) is 5.92 Å². The minimum atomic E-state index is -0.942. The summed E-state index contributed by atoms with van der Waals surface area (Å²) in [4.78, 5) is 22.7. The number of rotatable bonds is 5. The Morgan fingerprint density at radius 1 is 1.33 bits per heavy atom. The molecule has 0 fully saturated rings. The van der Waals surface area contributed by atoms with Crippen LogP contribution >= 0.6 is 23.2 Å². The lowest BCUT2D eigenvalue weighted by Crippen LogP contribution is -2.32. The van der Waals surface area contributed by atoms with E-state index in [-0.39, 0.29) is 22.2 Å². The summed E-state index contributed by atoms with van der Waals surface area (Å²) in [5.41, 5.74) is 0.168. The molecule has 6 heteroatoms. The molecule has 2 N–H and O–H groups in total. The number of amides is 1. The van der Waals surface area contributed by atoms with Crippen LogP contribution in [0.2, 0.25) is 10.0 Å². The Hall–Kier alpha value is -1.26. The maximum absolute atomic E-state index is 11.9. The second kappa shape index (κ2) is 6.61. The van der Waals surface area contributed by atoms with Gasteiger partial charge in [0.2, 0.25) is 0 Å². The third-order valence-electron chi connectivity index (χ3n) is 2.54. The van der Waals surface area contributed by atoms with Crippen LogP contribution in [0.15, 0.2) is 18.2 Å². The first-order valence-electron chi connectivity index (χ1n) is 5.42. The van der Waals surface area contributed by atoms with Gasteiger partial charge in [0, 0.05) is 6.54 Å². The largest absolute Gasteiger partial charge is 0.481 e. The standard InChI is InChI=1S/C12H13Cl2NO3/c1-2-7(12(17)18)6-15-11(16)10-8(13)4-3-5-9(10)14/h3-5,7H,2,6H2,1H3,(H,15,16)(H,17,18). The summed E-state index contributed by atoms with van der Waals surface area (Å²) in [6.45, 7) is 1.79. The number of hydrogen-bond donors (Lipinski definition) is 2. The third kappa shape index (κ3) is 3.62. The smallest absolute Gasteiger partial charge is 0.308 e. The molecule has 1 atom stereocenters. The number of carbonyl (C=O) groups excluding carboxylic acids is 1. The zero-order valence-electron chi connectivity index (χ0n) is 9.74. The molecule has 1 rings (SSSR count). The molecule has 1 aromatic carbocycles. The molecule has 18 heavy (non-hydrogen) atoms. The SMILES string of the molecule is CCC(CNC(=O)c1c(Cl)cccc1Cl)C(=O)O. The number of aliphatic carboxylic acids is 1. The third-order valence-corrected chi connectivity index (χ3v) is 3.17. The summed E-state index contributed by atoms with van der Waals surface area (Å²) in [6.07, 6.45) is 0.436. The highest BCUT2D eigenvalue weighted by atomic mass is 35.5. The van der Waals surface area contributed by atoms with Crippen molar-refractivity contribution in [1.82, 2.24) is 5.32 Å². The highest BCUT2D eigenvalue weighted by Crippen LogP contribution is 2.23. The number of carbonyl (C=O) groups is 2. The van der Waals surface area contributed by atoms with Crippen LogP contribution in [0.4, 0.5) is 0 Å². The van der Waals surface area contributed by atoms with Crippen LogP contribution in [-0.4, -0.2) is 23.5 Å². The fraction of sp³-hybridized carbons (Fsp3) is 0.333. The van der Waals surface area contributed by atoms with E-state index < -0.39 is 17.8 Å². The van der Waals surface area contributed by atoms with Gasteiger partial charge in [-0.1, -0.05) is 36.2 Å². The molecular formula is C12H13Cl2NO3. The minimum absolute atomic E-state index is 0.0478. The maximum atomic E-state index is 11.9. The summed E-state index contributed by atoms with van der Waals surface area (Å²) in [5.74, 6) is -2.02. The molecule has 0 aromatic heterocycles. The van der Waals surface area contributed by atoms with Crippen LogP contribution in [0.5, 0.6) is 0 Å². The Morgan fingerprint density at radius 2 is 1.89 bits per heavy atom. The Bertz CT molecular complexity index is 442. The van der Waals surface area contributed by atoms with Crippen LogP contribution in [0.1, 0.15) is 23.7 Å². The van der Waals surface area contributed by atoms with Crippen molar-refractivity contribution in [2.75, 3.05) is 6.54 Å². The van der Waals surface area contributed by atoms with Gasteiger partial charge in [-0.2, -0.15) is 0 Å². The quantitative estimate of drug-likeness (QED) is 0.876. The van der Waals surface area contributed by atoms with E-state index in [9.17, 15) is 9.59 Å². The molecule has 0 aliphatic carbocycles. The average Bonchev–Trinajstić information content (AvgIpc) is 2.29. The minimum Gasteiger partial charge on any atom is -0.481 e. The first-order chi connectivity index (χ1) is 8.47. The van der Waals surface area contributed by atoms with Gasteiger partial charge in [-0.05, 0) is 18.6 Å². The fourth-order valence-electron chi connectivity index (χ4n) is 1.43. The van der Waals surface area contributed by atoms with Crippen LogP contribution in [0.25, 0.3) is 0 Å². The molecule has 98 valence electrons. The normalized spacial score (nSPS) is 11.9. The molecule has 0 aliphatic rings. The van der Waals surface area contributed by atoms with E-state index in [1.807, 2.05) is 0 Å². The monoisotopic (exact) mass is 289 g/mol. The molecule has 0 saturated heterocycles. The summed E-state index contributed by atoms with van der Waals surface area (Å²) < 4.78 is 0. The van der Waals surface area contributed by atoms with Gasteiger partial charge in [0.15, 0.2) is 0 Å². The van der Waals surface area contributed by atoms with Crippen molar-refractivity contribution < 1.29 is 14.7 Å². The molecule has 0 saturated carbocycles. The molecule has 0 bridgehead atoms. The van der Waals surface area contributed by atoms with Crippen LogP contribution in [0.3, 0.4) is 0 Å². The van der Waals surface area contributed by atoms with Gasteiger partial charge < -0.3 is 10.4 Å². The molecular weight excluding hydrogens is 277 g/mol. The fourth-order valence-corrected chi connectivity index (χ4v) is 1.99. The Balaban J connectivity index is 2.74. The molecule has 0 aliphatic heterocycles. The summed E-state index contributed by atoms with van der Waals surface area (Å²) >= 11 is 11.7. The van der Waals surface area contributed by atoms with Gasteiger partial charge in [0.1, 0.15) is 0 Å². The van der Waals surface area contributed by atoms with Gasteiger partial charge in [0.05, 0.1) is 21.5 Å². The summed E-state index contributed by atoms with van der Waals surface area (Å²) in [5, 5.41) is 11.9.